The molecule has 0 aliphatic heterocycles. The molecule has 0 bridgehead atoms. The Morgan fingerprint density at radius 3 is 2.24 bits per heavy atom. The van der Waals surface area contributed by atoms with Crippen molar-refractivity contribution in [1.29, 1.82) is 0 Å². The highest BCUT2D eigenvalue weighted by molar-refractivity contribution is 6.32. The summed E-state index contributed by atoms with van der Waals surface area (Å²) >= 11 is 6.07. The van der Waals surface area contributed by atoms with Crippen LogP contribution in [-0.4, -0.2) is 54.2 Å². The Hall–Kier alpha value is -1.50. The molecule has 1 aromatic rings. The molecule has 0 spiro atoms. The van der Waals surface area contributed by atoms with Crippen molar-refractivity contribution >= 4 is 17.6 Å². The number of aliphatic hydroxyl groups is 2. The largest absolute Gasteiger partial charge is 0.473 e. The molecule has 0 fully saturated rings. The number of urea groups is 1. The fourth-order valence-electron chi connectivity index (χ4n) is 1.84. The summed E-state index contributed by atoms with van der Waals surface area (Å²) in [5.41, 5.74) is 1.81. The number of amides is 2. The monoisotopic (exact) mass is 316 g/mol. The van der Waals surface area contributed by atoms with Crippen molar-refractivity contribution in [2.24, 2.45) is 0 Å². The number of hydrogen-bond acceptors (Lipinski definition) is 4. The summed E-state index contributed by atoms with van der Waals surface area (Å²) in [6.45, 7) is 3.74. The molecule has 0 aromatic heterocycles. The van der Waals surface area contributed by atoms with Gasteiger partial charge in [0.1, 0.15) is 5.75 Å². The van der Waals surface area contributed by atoms with Gasteiger partial charge in [0.15, 0.2) is 6.73 Å². The Morgan fingerprint density at radius 1 is 1.24 bits per heavy atom. The number of nitrogens with zero attached hydrogens (tertiary/aromatic N) is 1. The lowest BCUT2D eigenvalue weighted by Crippen LogP contribution is -2.44. The highest BCUT2D eigenvalue weighted by atomic mass is 35.5. The summed E-state index contributed by atoms with van der Waals surface area (Å²) in [7, 11) is 0. The molecule has 0 saturated carbocycles. The number of hydrogen-bond donors (Lipinski definition) is 3. The van der Waals surface area contributed by atoms with Gasteiger partial charge in [0.25, 0.3) is 0 Å². The van der Waals surface area contributed by atoms with Gasteiger partial charge in [-0.25, -0.2) is 4.79 Å². The summed E-state index contributed by atoms with van der Waals surface area (Å²) in [6, 6.07) is 3.18. The first-order valence-electron chi connectivity index (χ1n) is 6.63. The second kappa shape index (κ2) is 8.71. The zero-order chi connectivity index (χ0) is 15.8. The first-order chi connectivity index (χ1) is 9.99. The minimum atomic E-state index is -0.402. The van der Waals surface area contributed by atoms with E-state index in [1.54, 1.807) is 12.1 Å². The van der Waals surface area contributed by atoms with Gasteiger partial charge in [-0.15, -0.1) is 0 Å². The predicted molar refractivity (Wildman–Crippen MR) is 80.7 cm³/mol. The molecule has 0 unspecified atom stereocenters. The van der Waals surface area contributed by atoms with Gasteiger partial charge in [0.2, 0.25) is 0 Å². The van der Waals surface area contributed by atoms with Crippen molar-refractivity contribution in [2.45, 2.75) is 13.8 Å². The smallest absolute Gasteiger partial charge is 0.320 e. The van der Waals surface area contributed by atoms with Crippen molar-refractivity contribution in [1.82, 2.24) is 10.2 Å². The third kappa shape index (κ3) is 5.41. The molecule has 0 aliphatic carbocycles. The van der Waals surface area contributed by atoms with E-state index in [4.69, 9.17) is 26.6 Å². The van der Waals surface area contributed by atoms with Crippen LogP contribution in [0.25, 0.3) is 0 Å². The lowest BCUT2D eigenvalue weighted by Gasteiger charge is -2.21. The number of carbonyl (C=O) groups excluding carboxylic acids is 1. The topological polar surface area (TPSA) is 82.0 Å². The molecule has 21 heavy (non-hydrogen) atoms. The molecule has 1 aromatic carbocycles. The number of aryl methyl sites for hydroxylation is 2. The van der Waals surface area contributed by atoms with Crippen LogP contribution in [0.3, 0.4) is 0 Å². The molecule has 6 nitrogen and oxygen atoms in total. The SMILES string of the molecule is Cc1cc(OCNC(=O)N(CCO)CCO)cc(C)c1Cl. The Morgan fingerprint density at radius 2 is 1.76 bits per heavy atom. The molecule has 7 heteroatoms. The maximum Gasteiger partial charge on any atom is 0.320 e. The van der Waals surface area contributed by atoms with Crippen LogP contribution in [-0.2, 0) is 0 Å². The van der Waals surface area contributed by atoms with Gasteiger partial charge in [-0.1, -0.05) is 11.6 Å². The summed E-state index contributed by atoms with van der Waals surface area (Å²) in [5, 5.41) is 21.0. The third-order valence-electron chi connectivity index (χ3n) is 2.90. The maximum atomic E-state index is 11.8. The number of halogens is 1. The molecule has 0 radical (unpaired) electrons. The van der Waals surface area contributed by atoms with E-state index in [0.717, 1.165) is 11.1 Å². The summed E-state index contributed by atoms with van der Waals surface area (Å²) in [4.78, 5) is 13.1. The van der Waals surface area contributed by atoms with E-state index >= 15 is 0 Å². The fraction of sp³-hybridized carbons (Fsp3) is 0.500. The highest BCUT2D eigenvalue weighted by Crippen LogP contribution is 2.25. The van der Waals surface area contributed by atoms with Crippen LogP contribution in [0.5, 0.6) is 5.75 Å². The first-order valence-corrected chi connectivity index (χ1v) is 7.01. The van der Waals surface area contributed by atoms with Gasteiger partial charge >= 0.3 is 6.03 Å². The highest BCUT2D eigenvalue weighted by Gasteiger charge is 2.11. The summed E-state index contributed by atoms with van der Waals surface area (Å²) in [6.07, 6.45) is 0. The van der Waals surface area contributed by atoms with Gasteiger partial charge in [-0.05, 0) is 37.1 Å². The summed E-state index contributed by atoms with van der Waals surface area (Å²) < 4.78 is 5.46. The Balaban J connectivity index is 2.50. The van der Waals surface area contributed by atoms with Crippen LogP contribution in [0, 0.1) is 13.8 Å². The lowest BCUT2D eigenvalue weighted by molar-refractivity contribution is 0.151. The standard InChI is InChI=1S/C14H21ClN2O4/c1-10-7-12(8-11(2)13(10)15)21-9-16-14(20)17(3-5-18)4-6-19/h7-8,18-19H,3-6,9H2,1-2H3,(H,16,20). The number of nitrogens with one attached hydrogen (secondary N) is 1. The Kier molecular flexibility index (Phi) is 7.28. The van der Waals surface area contributed by atoms with Crippen molar-refractivity contribution in [3.8, 4) is 5.75 Å². The average molecular weight is 317 g/mol. The molecule has 118 valence electrons. The number of ether oxygens (including phenoxy) is 1. The zero-order valence-corrected chi connectivity index (χ0v) is 13.0. The first kappa shape index (κ1) is 17.6. The fourth-order valence-corrected chi connectivity index (χ4v) is 1.95. The molecule has 1 rings (SSSR count). The molecular formula is C14H21ClN2O4. The molecular weight excluding hydrogens is 296 g/mol. The Bertz CT molecular complexity index is 453. The minimum absolute atomic E-state index is 0.00724. The van der Waals surface area contributed by atoms with Gasteiger partial charge in [0, 0.05) is 18.1 Å². The minimum Gasteiger partial charge on any atom is -0.473 e. The number of aliphatic hydroxyl groups excluding tert-OH is 2. The van der Waals surface area contributed by atoms with Crippen LogP contribution in [0.15, 0.2) is 12.1 Å². The van der Waals surface area contributed by atoms with E-state index in [0.29, 0.717) is 10.8 Å². The predicted octanol–water partition coefficient (Wildman–Crippen LogP) is 1.29. The molecule has 0 heterocycles. The average Bonchev–Trinajstić information content (AvgIpc) is 2.44. The second-order valence-electron chi connectivity index (χ2n) is 4.58. The molecule has 0 atom stereocenters. The molecule has 0 aliphatic rings. The van der Waals surface area contributed by atoms with Gasteiger partial charge in [-0.2, -0.15) is 0 Å². The second-order valence-corrected chi connectivity index (χ2v) is 4.95. The molecule has 2 amide bonds. The third-order valence-corrected chi connectivity index (χ3v) is 3.50. The van der Waals surface area contributed by atoms with Crippen molar-refractivity contribution in [3.63, 3.8) is 0 Å². The van der Waals surface area contributed by atoms with E-state index < -0.39 is 6.03 Å². The van der Waals surface area contributed by atoms with E-state index in [2.05, 4.69) is 5.32 Å². The van der Waals surface area contributed by atoms with Crippen LogP contribution in [0.1, 0.15) is 11.1 Å². The van der Waals surface area contributed by atoms with Gasteiger partial charge in [0.05, 0.1) is 13.2 Å². The van der Waals surface area contributed by atoms with Crippen LogP contribution < -0.4 is 10.1 Å². The lowest BCUT2D eigenvalue weighted by atomic mass is 10.1. The van der Waals surface area contributed by atoms with Crippen LogP contribution in [0.2, 0.25) is 5.02 Å². The normalized spacial score (nSPS) is 10.3. The number of carbonyl (C=O) groups is 1. The van der Waals surface area contributed by atoms with Gasteiger partial charge < -0.3 is 25.2 Å². The zero-order valence-electron chi connectivity index (χ0n) is 12.2. The van der Waals surface area contributed by atoms with Crippen molar-refractivity contribution in [3.05, 3.63) is 28.3 Å². The maximum absolute atomic E-state index is 11.8. The van der Waals surface area contributed by atoms with E-state index in [9.17, 15) is 4.79 Å². The van der Waals surface area contributed by atoms with E-state index in [1.165, 1.54) is 4.90 Å². The summed E-state index contributed by atoms with van der Waals surface area (Å²) in [5.74, 6) is 0.616. The molecule has 0 saturated heterocycles. The van der Waals surface area contributed by atoms with Crippen molar-refractivity contribution < 1.29 is 19.7 Å². The van der Waals surface area contributed by atoms with Crippen molar-refractivity contribution in [2.75, 3.05) is 33.0 Å². The van der Waals surface area contributed by atoms with Gasteiger partial charge in [-0.3, -0.25) is 0 Å². The number of rotatable bonds is 7. The van der Waals surface area contributed by atoms with Crippen LogP contribution in [0.4, 0.5) is 4.79 Å². The molecule has 3 N–H and O–H groups in total. The van der Waals surface area contributed by atoms with Crippen LogP contribution >= 0.6 is 11.6 Å². The Labute approximate surface area is 129 Å². The van der Waals surface area contributed by atoms with E-state index in [-0.39, 0.29) is 33.0 Å². The van der Waals surface area contributed by atoms with E-state index in [1.807, 2.05) is 13.8 Å². The quantitative estimate of drug-likeness (QED) is 0.662. The number of benzene rings is 1.